The number of imide groups is 1. The Balaban J connectivity index is 1.28. The molecular weight excluding hydrogens is 394 g/mol. The molecule has 10 heteroatoms. The Bertz CT molecular complexity index is 879. The van der Waals surface area contributed by atoms with E-state index in [2.05, 4.69) is 17.7 Å². The molecule has 0 bridgehead atoms. The number of amides is 4. The number of carbonyl (C=O) groups excluding carboxylic acids is 4. The van der Waals surface area contributed by atoms with E-state index in [1.165, 1.54) is 0 Å². The molecule has 3 aliphatic rings. The number of para-hydroxylation sites is 2. The molecule has 1 saturated carbocycles. The van der Waals surface area contributed by atoms with Gasteiger partial charge in [-0.05, 0) is 43.7 Å². The molecule has 1 spiro atoms. The lowest BCUT2D eigenvalue weighted by atomic mass is 9.77. The minimum atomic E-state index is -1.02. The van der Waals surface area contributed by atoms with Crippen molar-refractivity contribution in [2.75, 3.05) is 13.2 Å². The van der Waals surface area contributed by atoms with Crippen LogP contribution >= 0.6 is 0 Å². The van der Waals surface area contributed by atoms with Gasteiger partial charge in [-0.25, -0.2) is 9.59 Å². The van der Waals surface area contributed by atoms with Crippen molar-refractivity contribution in [3.63, 3.8) is 0 Å². The van der Waals surface area contributed by atoms with E-state index >= 15 is 0 Å². The van der Waals surface area contributed by atoms with Crippen LogP contribution in [-0.4, -0.2) is 53.7 Å². The van der Waals surface area contributed by atoms with Gasteiger partial charge >= 0.3 is 12.0 Å². The number of benzene rings is 1. The molecule has 0 aromatic heterocycles. The largest absolute Gasteiger partial charge is 0.485 e. The summed E-state index contributed by atoms with van der Waals surface area (Å²) in [5, 5.41) is 3.37. The van der Waals surface area contributed by atoms with Crippen molar-refractivity contribution in [2.45, 2.75) is 44.2 Å². The number of carbonyl (C=O) groups is 4. The molecule has 1 atom stereocenters. The molecule has 1 saturated heterocycles. The van der Waals surface area contributed by atoms with Crippen LogP contribution in [0.15, 0.2) is 24.3 Å². The van der Waals surface area contributed by atoms with E-state index in [-0.39, 0.29) is 6.61 Å². The van der Waals surface area contributed by atoms with E-state index in [0.717, 1.165) is 12.8 Å². The van der Waals surface area contributed by atoms with Crippen LogP contribution in [0.25, 0.3) is 0 Å². The van der Waals surface area contributed by atoms with Gasteiger partial charge in [-0.15, -0.1) is 0 Å². The minimum Gasteiger partial charge on any atom is -0.485 e. The Labute approximate surface area is 172 Å². The van der Waals surface area contributed by atoms with Crippen molar-refractivity contribution in [3.8, 4) is 11.5 Å². The molecule has 2 N–H and O–H groups in total. The second kappa shape index (κ2) is 7.85. The van der Waals surface area contributed by atoms with E-state index in [9.17, 15) is 19.2 Å². The molecule has 0 unspecified atom stereocenters. The van der Waals surface area contributed by atoms with Crippen LogP contribution < -0.4 is 20.2 Å². The molecule has 30 heavy (non-hydrogen) atoms. The molecule has 0 radical (unpaired) electrons. The Kier molecular flexibility index (Phi) is 5.23. The summed E-state index contributed by atoms with van der Waals surface area (Å²) in [7, 11) is 0. The van der Waals surface area contributed by atoms with Crippen molar-refractivity contribution in [2.24, 2.45) is 5.92 Å². The normalized spacial score (nSPS) is 27.6. The lowest BCUT2D eigenvalue weighted by Crippen LogP contribution is -2.52. The first-order chi connectivity index (χ1) is 14.4. The first-order valence-electron chi connectivity index (χ1n) is 9.89. The Hall–Kier alpha value is -3.30. The van der Waals surface area contributed by atoms with E-state index < -0.39 is 42.1 Å². The van der Waals surface area contributed by atoms with Crippen LogP contribution in [-0.2, 0) is 19.1 Å². The molecule has 4 amide bonds. The number of nitrogens with zero attached hydrogens (tertiary/aromatic N) is 1. The number of hydrazine groups is 1. The fourth-order valence-electron chi connectivity index (χ4n) is 3.84. The van der Waals surface area contributed by atoms with Crippen LogP contribution in [0.1, 0.15) is 32.6 Å². The fraction of sp³-hybridized carbons (Fsp3) is 0.500. The number of hydrogen-bond acceptors (Lipinski definition) is 7. The van der Waals surface area contributed by atoms with E-state index in [0.29, 0.717) is 35.3 Å². The summed E-state index contributed by atoms with van der Waals surface area (Å²) in [5.74, 6) is -0.661. The summed E-state index contributed by atoms with van der Waals surface area (Å²) in [6, 6.07) is 6.19. The third kappa shape index (κ3) is 3.77. The zero-order valence-electron chi connectivity index (χ0n) is 16.5. The van der Waals surface area contributed by atoms with E-state index in [1.807, 2.05) is 0 Å². The molecule has 4 rings (SSSR count). The fourth-order valence-corrected chi connectivity index (χ4v) is 3.84. The molecule has 1 aromatic rings. The highest BCUT2D eigenvalue weighted by atomic mass is 16.6. The van der Waals surface area contributed by atoms with Crippen LogP contribution in [0.4, 0.5) is 4.79 Å². The summed E-state index contributed by atoms with van der Waals surface area (Å²) in [6.07, 6.45) is 1.67. The number of ether oxygens (including phenoxy) is 3. The lowest BCUT2D eigenvalue weighted by molar-refractivity contribution is -0.158. The first-order valence-corrected chi connectivity index (χ1v) is 9.89. The first kappa shape index (κ1) is 20.0. The van der Waals surface area contributed by atoms with Crippen molar-refractivity contribution in [1.29, 1.82) is 0 Å². The Morgan fingerprint density at radius 2 is 1.93 bits per heavy atom. The smallest absolute Gasteiger partial charge is 0.351 e. The van der Waals surface area contributed by atoms with Crippen molar-refractivity contribution >= 4 is 23.8 Å². The van der Waals surface area contributed by atoms with Crippen LogP contribution in [0.2, 0.25) is 0 Å². The predicted molar refractivity (Wildman–Crippen MR) is 101 cm³/mol. The highest BCUT2D eigenvalue weighted by molar-refractivity contribution is 6.08. The SMILES string of the molecule is CC1CCC2(CC1)NC(=O)N(NC(=O)COC(=O)[C@H]1COc3ccccc3O1)C2=O. The van der Waals surface area contributed by atoms with Gasteiger partial charge < -0.3 is 19.5 Å². The zero-order chi connectivity index (χ0) is 21.3. The van der Waals surface area contributed by atoms with Crippen LogP contribution in [0.5, 0.6) is 11.5 Å². The van der Waals surface area contributed by atoms with Crippen molar-refractivity contribution < 1.29 is 33.4 Å². The molecule has 160 valence electrons. The van der Waals surface area contributed by atoms with Gasteiger partial charge in [0.1, 0.15) is 12.1 Å². The maximum atomic E-state index is 12.7. The van der Waals surface area contributed by atoms with Gasteiger partial charge in [0, 0.05) is 0 Å². The van der Waals surface area contributed by atoms with Crippen molar-refractivity contribution in [1.82, 2.24) is 15.8 Å². The van der Waals surface area contributed by atoms with Crippen molar-refractivity contribution in [3.05, 3.63) is 24.3 Å². The van der Waals surface area contributed by atoms with Gasteiger partial charge in [0.15, 0.2) is 18.1 Å². The van der Waals surface area contributed by atoms with Gasteiger partial charge in [0.05, 0.1) is 0 Å². The number of nitrogens with one attached hydrogen (secondary N) is 2. The predicted octanol–water partition coefficient (Wildman–Crippen LogP) is 0.902. The average Bonchev–Trinajstić information content (AvgIpc) is 2.98. The summed E-state index contributed by atoms with van der Waals surface area (Å²) in [6.45, 7) is 1.38. The summed E-state index contributed by atoms with van der Waals surface area (Å²) >= 11 is 0. The second-order valence-electron chi connectivity index (χ2n) is 7.84. The Morgan fingerprint density at radius 3 is 2.67 bits per heavy atom. The van der Waals surface area contributed by atoms with Gasteiger partial charge in [-0.2, -0.15) is 5.01 Å². The summed E-state index contributed by atoms with van der Waals surface area (Å²) in [4.78, 5) is 49.3. The molecule has 10 nitrogen and oxygen atoms in total. The second-order valence-corrected chi connectivity index (χ2v) is 7.84. The lowest BCUT2D eigenvalue weighted by Gasteiger charge is -2.33. The maximum Gasteiger partial charge on any atom is 0.351 e. The summed E-state index contributed by atoms with van der Waals surface area (Å²) < 4.78 is 15.9. The van der Waals surface area contributed by atoms with Crippen LogP contribution in [0.3, 0.4) is 0 Å². The number of fused-ring (bicyclic) bond motifs is 1. The highest BCUT2D eigenvalue weighted by Gasteiger charge is 2.52. The third-order valence-electron chi connectivity index (χ3n) is 5.64. The summed E-state index contributed by atoms with van der Waals surface area (Å²) in [5.41, 5.74) is 1.25. The minimum absolute atomic E-state index is 0.0502. The number of urea groups is 1. The maximum absolute atomic E-state index is 12.7. The molecule has 2 heterocycles. The van der Waals surface area contributed by atoms with E-state index in [4.69, 9.17) is 14.2 Å². The molecule has 2 aliphatic heterocycles. The highest BCUT2D eigenvalue weighted by Crippen LogP contribution is 2.35. The average molecular weight is 417 g/mol. The van der Waals surface area contributed by atoms with Gasteiger partial charge in [-0.3, -0.25) is 15.0 Å². The number of rotatable bonds is 4. The van der Waals surface area contributed by atoms with Gasteiger partial charge in [-0.1, -0.05) is 19.1 Å². The van der Waals surface area contributed by atoms with Crippen LogP contribution in [0, 0.1) is 5.92 Å². The molecule has 1 aromatic carbocycles. The quantitative estimate of drug-likeness (QED) is 0.551. The standard InChI is InChI=1S/C20H23N3O7/c1-12-6-8-20(9-7-12)18(26)23(19(27)21-20)22-16(24)11-29-17(25)15-10-28-13-4-2-3-5-14(13)30-15/h2-5,12,15H,6-11H2,1H3,(H,21,27)(H,22,24)/t12?,15-,20?/m1/s1. The number of hydrogen-bond donors (Lipinski definition) is 2. The monoisotopic (exact) mass is 417 g/mol. The number of esters is 1. The van der Waals surface area contributed by atoms with Gasteiger partial charge in [0.25, 0.3) is 11.8 Å². The molecule has 2 fully saturated rings. The van der Waals surface area contributed by atoms with Gasteiger partial charge in [0.2, 0.25) is 6.10 Å². The Morgan fingerprint density at radius 1 is 1.23 bits per heavy atom. The molecular formula is C20H23N3O7. The zero-order valence-corrected chi connectivity index (χ0v) is 16.5. The topological polar surface area (TPSA) is 123 Å². The third-order valence-corrected chi connectivity index (χ3v) is 5.64. The van der Waals surface area contributed by atoms with E-state index in [1.54, 1.807) is 24.3 Å². The molecule has 1 aliphatic carbocycles.